The van der Waals surface area contributed by atoms with Gasteiger partial charge in [0.15, 0.2) is 0 Å². The third kappa shape index (κ3) is 11.9. The van der Waals surface area contributed by atoms with Crippen LogP contribution in [-0.2, 0) is 34.8 Å². The van der Waals surface area contributed by atoms with Crippen molar-refractivity contribution in [2.45, 2.75) is 34.1 Å². The molecule has 0 saturated heterocycles. The van der Waals surface area contributed by atoms with Crippen LogP contribution < -0.4 is 10.6 Å². The van der Waals surface area contributed by atoms with Gasteiger partial charge in [0.25, 0.3) is 11.8 Å². The zero-order chi connectivity index (χ0) is 27.5. The van der Waals surface area contributed by atoms with Crippen LogP contribution in [0.3, 0.4) is 0 Å². The van der Waals surface area contributed by atoms with Crippen molar-refractivity contribution in [1.82, 2.24) is 10.6 Å². The van der Waals surface area contributed by atoms with Gasteiger partial charge >= 0.3 is 0 Å². The molecule has 0 saturated carbocycles. The predicted molar refractivity (Wildman–Crippen MR) is 142 cm³/mol. The lowest BCUT2D eigenvalue weighted by Gasteiger charge is -2.21. The second-order valence-corrected chi connectivity index (χ2v) is 8.40. The molecule has 0 aromatic heterocycles. The highest BCUT2D eigenvalue weighted by atomic mass is 16.5. The smallest absolute Gasteiger partial charge is 0.251 e. The molecule has 10 nitrogen and oxygen atoms in total. The maximum atomic E-state index is 13.1. The van der Waals surface area contributed by atoms with Crippen LogP contribution in [0.1, 0.15) is 49.9 Å². The second kappa shape index (κ2) is 20.0. The Bertz CT molecular complexity index is 755. The molecule has 1 rings (SSSR count). The summed E-state index contributed by atoms with van der Waals surface area (Å²) < 4.78 is 31.6. The van der Waals surface area contributed by atoms with Gasteiger partial charge in [-0.3, -0.25) is 9.59 Å². The van der Waals surface area contributed by atoms with Crippen molar-refractivity contribution in [2.75, 3.05) is 93.4 Å². The molecule has 2 amide bonds. The lowest BCUT2D eigenvalue weighted by atomic mass is 9.86. The van der Waals surface area contributed by atoms with Crippen LogP contribution >= 0.6 is 0 Å². The summed E-state index contributed by atoms with van der Waals surface area (Å²) in [6.45, 7) is 13.1. The first-order valence-corrected chi connectivity index (χ1v) is 12.9. The predicted octanol–water partition coefficient (Wildman–Crippen LogP) is 1.99. The molecule has 10 heteroatoms. The number of methoxy groups -OCH3 is 2. The molecule has 0 aliphatic heterocycles. The third-order valence-electron chi connectivity index (χ3n) is 5.88. The van der Waals surface area contributed by atoms with Gasteiger partial charge < -0.3 is 39.1 Å². The summed E-state index contributed by atoms with van der Waals surface area (Å²) in [7, 11) is 3.25. The van der Waals surface area contributed by atoms with Gasteiger partial charge in [0.05, 0.1) is 66.1 Å². The summed E-state index contributed by atoms with van der Waals surface area (Å²) in [5.41, 5.74) is 4.56. The first-order valence-electron chi connectivity index (χ1n) is 12.9. The molecular weight excluding hydrogens is 480 g/mol. The van der Waals surface area contributed by atoms with Gasteiger partial charge in [-0.2, -0.15) is 0 Å². The van der Waals surface area contributed by atoms with E-state index in [1.165, 1.54) is 0 Å². The molecule has 2 N–H and O–H groups in total. The van der Waals surface area contributed by atoms with Crippen molar-refractivity contribution >= 4 is 11.8 Å². The largest absolute Gasteiger partial charge is 0.382 e. The van der Waals surface area contributed by atoms with Gasteiger partial charge in [-0.15, -0.1) is 0 Å². The topological polar surface area (TPSA) is 114 Å². The second-order valence-electron chi connectivity index (χ2n) is 8.40. The van der Waals surface area contributed by atoms with Crippen LogP contribution in [0.25, 0.3) is 0 Å². The summed E-state index contributed by atoms with van der Waals surface area (Å²) >= 11 is 0. The number of nitrogens with one attached hydrogen (secondary N) is 2. The van der Waals surface area contributed by atoms with Crippen molar-refractivity contribution in [1.29, 1.82) is 0 Å². The number of ether oxygens (including phenoxy) is 6. The maximum Gasteiger partial charge on any atom is 0.251 e. The Hall–Kier alpha value is -2.08. The van der Waals surface area contributed by atoms with E-state index >= 15 is 0 Å². The molecule has 1 aromatic carbocycles. The van der Waals surface area contributed by atoms with Crippen LogP contribution in [0.5, 0.6) is 0 Å². The van der Waals surface area contributed by atoms with Crippen LogP contribution in [-0.4, -0.2) is 105 Å². The lowest BCUT2D eigenvalue weighted by molar-refractivity contribution is 0.0255. The first-order chi connectivity index (χ1) is 17.9. The number of carbonyl (C=O) groups is 2. The van der Waals surface area contributed by atoms with Gasteiger partial charge in [-0.1, -0.05) is 6.92 Å². The highest BCUT2D eigenvalue weighted by Gasteiger charge is 2.24. The van der Waals surface area contributed by atoms with E-state index in [1.54, 1.807) is 14.2 Å². The molecule has 0 unspecified atom stereocenters. The Labute approximate surface area is 221 Å². The highest BCUT2D eigenvalue weighted by Crippen LogP contribution is 2.28. The van der Waals surface area contributed by atoms with Crippen molar-refractivity contribution in [2.24, 2.45) is 0 Å². The Morgan fingerprint density at radius 3 is 1.27 bits per heavy atom. The van der Waals surface area contributed by atoms with Gasteiger partial charge in [0, 0.05) is 38.4 Å². The van der Waals surface area contributed by atoms with Gasteiger partial charge in [0.1, 0.15) is 0 Å². The minimum Gasteiger partial charge on any atom is -0.382 e. The first kappa shape index (κ1) is 32.9. The van der Waals surface area contributed by atoms with E-state index in [-0.39, 0.29) is 11.8 Å². The van der Waals surface area contributed by atoms with E-state index < -0.39 is 0 Å². The fourth-order valence-electron chi connectivity index (χ4n) is 4.06. The minimum atomic E-state index is -0.212. The van der Waals surface area contributed by atoms with Crippen molar-refractivity contribution in [3.63, 3.8) is 0 Å². The molecular formula is C27H46N2O8. The molecule has 0 radical (unpaired) electrons. The number of amides is 2. The minimum absolute atomic E-state index is 0.212. The van der Waals surface area contributed by atoms with E-state index in [0.717, 1.165) is 23.1 Å². The molecule has 1 aromatic rings. The number of carbonyl (C=O) groups excluding carboxylic acids is 2. The van der Waals surface area contributed by atoms with E-state index in [4.69, 9.17) is 28.4 Å². The zero-order valence-corrected chi connectivity index (χ0v) is 23.5. The molecule has 0 heterocycles. The van der Waals surface area contributed by atoms with E-state index in [2.05, 4.69) is 10.6 Å². The van der Waals surface area contributed by atoms with Crippen LogP contribution in [0.15, 0.2) is 0 Å². The Morgan fingerprint density at radius 2 is 0.919 bits per heavy atom. The highest BCUT2D eigenvalue weighted by molar-refractivity contribution is 6.04. The number of hydrogen-bond acceptors (Lipinski definition) is 8. The number of rotatable bonds is 21. The van der Waals surface area contributed by atoms with Gasteiger partial charge in [0.2, 0.25) is 0 Å². The summed E-state index contributed by atoms with van der Waals surface area (Å²) in [5.74, 6) is -0.425. The van der Waals surface area contributed by atoms with E-state index in [9.17, 15) is 9.59 Å². The SMILES string of the molecule is CCc1c(C)c(C(=O)NCCOCCOCCOC)c(C)c(C(=O)NCCOCCOCCOC)c1C. The van der Waals surface area contributed by atoms with Crippen LogP contribution in [0.4, 0.5) is 0 Å². The summed E-state index contributed by atoms with van der Waals surface area (Å²) in [6, 6.07) is 0. The van der Waals surface area contributed by atoms with E-state index in [0.29, 0.717) is 95.8 Å². The van der Waals surface area contributed by atoms with Crippen molar-refractivity contribution < 1.29 is 38.0 Å². The number of benzene rings is 1. The summed E-state index contributed by atoms with van der Waals surface area (Å²) in [4.78, 5) is 26.2. The molecule has 37 heavy (non-hydrogen) atoms. The van der Waals surface area contributed by atoms with Crippen molar-refractivity contribution in [3.8, 4) is 0 Å². The third-order valence-corrected chi connectivity index (χ3v) is 5.88. The molecule has 0 bridgehead atoms. The average Bonchev–Trinajstić information content (AvgIpc) is 2.87. The van der Waals surface area contributed by atoms with Crippen molar-refractivity contribution in [3.05, 3.63) is 33.4 Å². The fraction of sp³-hybridized carbons (Fsp3) is 0.704. The maximum absolute atomic E-state index is 13.1. The Balaban J connectivity index is 2.65. The quantitative estimate of drug-likeness (QED) is 0.234. The van der Waals surface area contributed by atoms with E-state index in [1.807, 2.05) is 27.7 Å². The summed E-state index contributed by atoms with van der Waals surface area (Å²) in [6.07, 6.45) is 0.719. The molecule has 0 spiro atoms. The summed E-state index contributed by atoms with van der Waals surface area (Å²) in [5, 5.41) is 5.83. The normalized spacial score (nSPS) is 11.1. The lowest BCUT2D eigenvalue weighted by Crippen LogP contribution is -2.32. The Morgan fingerprint density at radius 1 is 0.568 bits per heavy atom. The molecule has 0 aliphatic carbocycles. The van der Waals surface area contributed by atoms with Crippen LogP contribution in [0.2, 0.25) is 0 Å². The molecule has 0 aliphatic rings. The van der Waals surface area contributed by atoms with Gasteiger partial charge in [-0.25, -0.2) is 0 Å². The number of hydrogen-bond donors (Lipinski definition) is 2. The molecule has 212 valence electrons. The monoisotopic (exact) mass is 526 g/mol. The van der Waals surface area contributed by atoms with Gasteiger partial charge in [-0.05, 0) is 49.4 Å². The van der Waals surface area contributed by atoms with Crippen LogP contribution in [0, 0.1) is 20.8 Å². The molecule has 0 fully saturated rings. The molecule has 0 atom stereocenters. The zero-order valence-electron chi connectivity index (χ0n) is 23.5. The fourth-order valence-corrected chi connectivity index (χ4v) is 4.06. The average molecular weight is 527 g/mol. The Kier molecular flexibility index (Phi) is 17.8. The standard InChI is InChI=1S/C27H46N2O8/c1-7-23-20(2)24(26(30)28-8-10-34-16-18-36-14-12-32-5)22(4)25(21(23)3)27(31)29-9-11-35-17-19-37-15-13-33-6/h7-19H2,1-6H3,(H,28,30)(H,29,31).